The van der Waals surface area contributed by atoms with Crippen molar-refractivity contribution in [3.8, 4) is 0 Å². The summed E-state index contributed by atoms with van der Waals surface area (Å²) in [5.41, 5.74) is 8.06. The summed E-state index contributed by atoms with van der Waals surface area (Å²) in [4.78, 5) is 15.1. The van der Waals surface area contributed by atoms with Crippen molar-refractivity contribution >= 4 is 28.1 Å². The Morgan fingerprint density at radius 1 is 1.38 bits per heavy atom. The molecule has 0 bridgehead atoms. The molecule has 1 aromatic carbocycles. The van der Waals surface area contributed by atoms with Gasteiger partial charge >= 0.3 is 5.97 Å². The van der Waals surface area contributed by atoms with Crippen molar-refractivity contribution in [3.05, 3.63) is 40.9 Å². The zero-order valence-corrected chi connectivity index (χ0v) is 13.1. The lowest BCUT2D eigenvalue weighted by Gasteiger charge is -2.22. The van der Waals surface area contributed by atoms with E-state index in [9.17, 15) is 4.79 Å². The summed E-state index contributed by atoms with van der Waals surface area (Å²) >= 11 is 1.34. The molecular weight excluding hydrogens is 286 g/mol. The third-order valence-corrected chi connectivity index (χ3v) is 3.86. The molecule has 1 heterocycles. The number of anilines is 2. The lowest BCUT2D eigenvalue weighted by molar-refractivity contribution is -0.138. The molecule has 0 saturated heterocycles. The molecule has 0 amide bonds. The minimum atomic E-state index is -1.09. The number of para-hydroxylation sites is 1. The molecule has 0 aliphatic rings. The van der Waals surface area contributed by atoms with Gasteiger partial charge in [0.1, 0.15) is 6.04 Å². The maximum atomic E-state index is 10.9. The Morgan fingerprint density at radius 3 is 2.67 bits per heavy atom. The van der Waals surface area contributed by atoms with Gasteiger partial charge in [0.05, 0.1) is 5.69 Å². The molecule has 6 heteroatoms. The van der Waals surface area contributed by atoms with Crippen LogP contribution in [-0.2, 0) is 10.2 Å². The van der Waals surface area contributed by atoms with Crippen LogP contribution in [-0.4, -0.2) is 16.1 Å². The van der Waals surface area contributed by atoms with E-state index in [1.165, 1.54) is 16.9 Å². The minimum absolute atomic E-state index is 0.00114. The van der Waals surface area contributed by atoms with E-state index in [2.05, 4.69) is 37.1 Å². The standard InChI is InChI=1S/C15H19N3O2S/c1-15(2,3)9-6-4-5-7-10(9)17-14-18-11(8-21-14)12(16)13(19)20/h4-8,12H,16H2,1-3H3,(H,17,18)(H,19,20). The van der Waals surface area contributed by atoms with Crippen molar-refractivity contribution in [2.75, 3.05) is 5.32 Å². The van der Waals surface area contributed by atoms with Gasteiger partial charge in [0.15, 0.2) is 5.13 Å². The highest BCUT2D eigenvalue weighted by molar-refractivity contribution is 7.13. The number of aliphatic carboxylic acids is 1. The van der Waals surface area contributed by atoms with Crippen LogP contribution < -0.4 is 11.1 Å². The van der Waals surface area contributed by atoms with Gasteiger partial charge < -0.3 is 16.2 Å². The lowest BCUT2D eigenvalue weighted by atomic mass is 9.86. The van der Waals surface area contributed by atoms with E-state index in [0.717, 1.165) is 5.69 Å². The van der Waals surface area contributed by atoms with Gasteiger partial charge in [0, 0.05) is 11.1 Å². The summed E-state index contributed by atoms with van der Waals surface area (Å²) in [7, 11) is 0. The Hall–Kier alpha value is -1.92. The zero-order chi connectivity index (χ0) is 15.6. The summed E-state index contributed by atoms with van der Waals surface area (Å²) < 4.78 is 0. The predicted octanol–water partition coefficient (Wildman–Crippen LogP) is 3.27. The first-order valence-corrected chi connectivity index (χ1v) is 7.47. The Bertz CT molecular complexity index is 646. The monoisotopic (exact) mass is 305 g/mol. The first-order chi connectivity index (χ1) is 9.79. The van der Waals surface area contributed by atoms with Gasteiger partial charge in [-0.25, -0.2) is 4.98 Å². The molecule has 4 N–H and O–H groups in total. The predicted molar refractivity (Wildman–Crippen MR) is 85.1 cm³/mol. The molecular formula is C15H19N3O2S. The maximum absolute atomic E-state index is 10.9. The van der Waals surface area contributed by atoms with Gasteiger partial charge in [-0.2, -0.15) is 0 Å². The van der Waals surface area contributed by atoms with Gasteiger partial charge in [-0.15, -0.1) is 11.3 Å². The Labute approximate surface area is 127 Å². The number of nitrogens with zero attached hydrogens (tertiary/aromatic N) is 1. The van der Waals surface area contributed by atoms with Crippen LogP contribution in [0.5, 0.6) is 0 Å². The molecule has 0 radical (unpaired) electrons. The van der Waals surface area contributed by atoms with E-state index in [0.29, 0.717) is 10.8 Å². The normalized spacial score (nSPS) is 13.0. The van der Waals surface area contributed by atoms with E-state index >= 15 is 0 Å². The van der Waals surface area contributed by atoms with Gasteiger partial charge in [0.2, 0.25) is 0 Å². The molecule has 0 aliphatic heterocycles. The summed E-state index contributed by atoms with van der Waals surface area (Å²) in [5.74, 6) is -1.08. The third kappa shape index (κ3) is 3.59. The van der Waals surface area contributed by atoms with Crippen LogP contribution in [0, 0.1) is 0 Å². The number of aromatic nitrogens is 1. The summed E-state index contributed by atoms with van der Waals surface area (Å²) in [6.07, 6.45) is 0. The number of thiazole rings is 1. The summed E-state index contributed by atoms with van der Waals surface area (Å²) in [5, 5.41) is 14.5. The lowest BCUT2D eigenvalue weighted by Crippen LogP contribution is -2.20. The molecule has 21 heavy (non-hydrogen) atoms. The number of hydrogen-bond donors (Lipinski definition) is 3. The van der Waals surface area contributed by atoms with Crippen molar-refractivity contribution in [3.63, 3.8) is 0 Å². The quantitative estimate of drug-likeness (QED) is 0.807. The molecule has 1 unspecified atom stereocenters. The number of benzene rings is 1. The summed E-state index contributed by atoms with van der Waals surface area (Å²) in [6.45, 7) is 6.42. The molecule has 2 rings (SSSR count). The second kappa shape index (κ2) is 5.83. The van der Waals surface area contributed by atoms with Gasteiger partial charge in [-0.05, 0) is 17.0 Å². The highest BCUT2D eigenvalue weighted by atomic mass is 32.1. The van der Waals surface area contributed by atoms with E-state index < -0.39 is 12.0 Å². The number of rotatable bonds is 4. The van der Waals surface area contributed by atoms with Crippen molar-refractivity contribution in [2.24, 2.45) is 5.73 Å². The van der Waals surface area contributed by atoms with Crippen molar-refractivity contribution in [1.29, 1.82) is 0 Å². The first kappa shape index (κ1) is 15.5. The van der Waals surface area contributed by atoms with Crippen LogP contribution in [0.1, 0.15) is 38.1 Å². The van der Waals surface area contributed by atoms with Crippen LogP contribution in [0.4, 0.5) is 10.8 Å². The van der Waals surface area contributed by atoms with Gasteiger partial charge in [-0.3, -0.25) is 4.79 Å². The molecule has 112 valence electrons. The molecule has 1 atom stereocenters. The summed E-state index contributed by atoms with van der Waals surface area (Å²) in [6, 6.07) is 6.92. The molecule has 0 aliphatic carbocycles. The van der Waals surface area contributed by atoms with Crippen molar-refractivity contribution in [1.82, 2.24) is 4.98 Å². The van der Waals surface area contributed by atoms with Crippen LogP contribution in [0.2, 0.25) is 0 Å². The fourth-order valence-electron chi connectivity index (χ4n) is 1.97. The minimum Gasteiger partial charge on any atom is -0.480 e. The molecule has 2 aromatic rings. The van der Waals surface area contributed by atoms with E-state index in [4.69, 9.17) is 10.8 Å². The van der Waals surface area contributed by atoms with Crippen LogP contribution in [0.25, 0.3) is 0 Å². The van der Waals surface area contributed by atoms with Crippen LogP contribution in [0.15, 0.2) is 29.6 Å². The fourth-order valence-corrected chi connectivity index (χ4v) is 2.73. The highest BCUT2D eigenvalue weighted by Gasteiger charge is 2.20. The van der Waals surface area contributed by atoms with Crippen LogP contribution in [0.3, 0.4) is 0 Å². The molecule has 0 fully saturated rings. The molecule has 5 nitrogen and oxygen atoms in total. The molecule has 0 spiro atoms. The second-order valence-electron chi connectivity index (χ2n) is 5.81. The number of carbonyl (C=O) groups is 1. The third-order valence-electron chi connectivity index (χ3n) is 3.08. The van der Waals surface area contributed by atoms with Crippen LogP contribution >= 0.6 is 11.3 Å². The van der Waals surface area contributed by atoms with Crippen molar-refractivity contribution in [2.45, 2.75) is 32.2 Å². The number of carboxylic acid groups (broad SMARTS) is 1. The zero-order valence-electron chi connectivity index (χ0n) is 12.3. The van der Waals surface area contributed by atoms with E-state index in [1.807, 2.05) is 18.2 Å². The average Bonchev–Trinajstić information content (AvgIpc) is 2.85. The molecule has 1 aromatic heterocycles. The number of hydrogen-bond acceptors (Lipinski definition) is 5. The van der Waals surface area contributed by atoms with E-state index in [-0.39, 0.29) is 5.41 Å². The maximum Gasteiger partial charge on any atom is 0.326 e. The number of nitrogens with two attached hydrogens (primary N) is 1. The Kier molecular flexibility index (Phi) is 4.29. The molecule has 0 saturated carbocycles. The average molecular weight is 305 g/mol. The fraction of sp³-hybridized carbons (Fsp3) is 0.333. The number of carboxylic acids is 1. The Balaban J connectivity index is 2.26. The second-order valence-corrected chi connectivity index (χ2v) is 6.67. The first-order valence-electron chi connectivity index (χ1n) is 6.59. The number of nitrogens with one attached hydrogen (secondary N) is 1. The van der Waals surface area contributed by atoms with Gasteiger partial charge in [-0.1, -0.05) is 39.0 Å². The SMILES string of the molecule is CC(C)(C)c1ccccc1Nc1nc(C(N)C(=O)O)cs1. The Morgan fingerprint density at radius 2 is 2.05 bits per heavy atom. The smallest absolute Gasteiger partial charge is 0.326 e. The van der Waals surface area contributed by atoms with Crippen molar-refractivity contribution < 1.29 is 9.90 Å². The highest BCUT2D eigenvalue weighted by Crippen LogP contribution is 2.32. The largest absolute Gasteiger partial charge is 0.480 e. The van der Waals surface area contributed by atoms with Gasteiger partial charge in [0.25, 0.3) is 0 Å². The van der Waals surface area contributed by atoms with E-state index in [1.54, 1.807) is 5.38 Å². The topological polar surface area (TPSA) is 88.2 Å².